The Morgan fingerprint density at radius 1 is 1.23 bits per heavy atom. The smallest absolute Gasteiger partial charge is 0.198 e. The summed E-state index contributed by atoms with van der Waals surface area (Å²) in [5.74, 6) is 0. The fourth-order valence-electron chi connectivity index (χ4n) is 3.55. The van der Waals surface area contributed by atoms with E-state index in [9.17, 15) is 4.79 Å². The Balaban J connectivity index is 1.98. The van der Waals surface area contributed by atoms with Crippen molar-refractivity contribution < 1.29 is 4.90 Å². The number of benzene rings is 1. The van der Waals surface area contributed by atoms with Crippen molar-refractivity contribution >= 4 is 10.9 Å². The zero-order chi connectivity index (χ0) is 15.5. The Bertz CT molecular complexity index is 711. The lowest BCUT2D eigenvalue weighted by Crippen LogP contribution is -3.08. The zero-order valence-corrected chi connectivity index (χ0v) is 13.8. The topological polar surface area (TPSA) is 37.3 Å². The van der Waals surface area contributed by atoms with Crippen LogP contribution in [0.4, 0.5) is 0 Å². The van der Waals surface area contributed by atoms with Crippen LogP contribution in [0.15, 0.2) is 23.0 Å². The van der Waals surface area contributed by atoms with Gasteiger partial charge in [0.1, 0.15) is 6.54 Å². The molecule has 2 heterocycles. The third-order valence-electron chi connectivity index (χ3n) is 4.93. The number of likely N-dealkylation sites (tertiary alicyclic amines) is 1. The molecule has 0 amide bonds. The van der Waals surface area contributed by atoms with Gasteiger partial charge in [-0.3, -0.25) is 4.79 Å². The average molecular weight is 299 g/mol. The van der Waals surface area contributed by atoms with Crippen molar-refractivity contribution in [1.29, 1.82) is 0 Å². The summed E-state index contributed by atoms with van der Waals surface area (Å²) in [6.45, 7) is 7.52. The summed E-state index contributed by atoms with van der Waals surface area (Å²) in [5, 5.41) is 0.868. The lowest BCUT2D eigenvalue weighted by molar-refractivity contribution is -0.901. The van der Waals surface area contributed by atoms with Gasteiger partial charge in [-0.1, -0.05) is 19.4 Å². The molecular weight excluding hydrogens is 272 g/mol. The minimum atomic E-state index is 0.240. The molecule has 3 nitrogen and oxygen atoms in total. The van der Waals surface area contributed by atoms with E-state index in [4.69, 9.17) is 0 Å². The highest BCUT2D eigenvalue weighted by molar-refractivity contribution is 5.80. The number of hydrogen-bond acceptors (Lipinski definition) is 1. The van der Waals surface area contributed by atoms with E-state index in [0.29, 0.717) is 0 Å². The van der Waals surface area contributed by atoms with Gasteiger partial charge in [0.2, 0.25) is 0 Å². The molecule has 1 aliphatic rings. The summed E-state index contributed by atoms with van der Waals surface area (Å²) in [4.78, 5) is 17.9. The molecule has 0 spiro atoms. The van der Waals surface area contributed by atoms with Crippen LogP contribution in [0.2, 0.25) is 0 Å². The van der Waals surface area contributed by atoms with E-state index >= 15 is 0 Å². The highest BCUT2D eigenvalue weighted by Gasteiger charge is 2.19. The van der Waals surface area contributed by atoms with Crippen molar-refractivity contribution in [3.63, 3.8) is 0 Å². The molecular formula is C19H27N2O+. The highest BCUT2D eigenvalue weighted by atomic mass is 16.1. The molecule has 1 aromatic heterocycles. The number of aromatic amines is 1. The van der Waals surface area contributed by atoms with Crippen LogP contribution in [0, 0.1) is 6.92 Å². The van der Waals surface area contributed by atoms with Crippen LogP contribution in [0.5, 0.6) is 0 Å². The van der Waals surface area contributed by atoms with Crippen LogP contribution in [-0.4, -0.2) is 18.1 Å². The molecule has 3 rings (SSSR count). The normalized spacial score (nSPS) is 15.7. The molecule has 1 aliphatic heterocycles. The second-order valence-electron chi connectivity index (χ2n) is 6.68. The van der Waals surface area contributed by atoms with E-state index in [1.54, 1.807) is 4.90 Å². The predicted molar refractivity (Wildman–Crippen MR) is 91.6 cm³/mol. The van der Waals surface area contributed by atoms with Gasteiger partial charge in [-0.2, -0.15) is 0 Å². The standard InChI is InChI=1S/C19H26N2O/c1-3-4-7-15-8-9-18-16(12-15)19(22)17(14(2)20-18)13-21-10-5-6-11-21/h8-9,12H,3-7,10-11,13H2,1-2H3,(H,20,22)/p+1. The summed E-state index contributed by atoms with van der Waals surface area (Å²) < 4.78 is 0. The van der Waals surface area contributed by atoms with Gasteiger partial charge in [0.05, 0.1) is 18.7 Å². The first-order chi connectivity index (χ1) is 10.7. The Hall–Kier alpha value is -1.61. The van der Waals surface area contributed by atoms with Crippen LogP contribution in [0.1, 0.15) is 49.4 Å². The molecule has 0 unspecified atom stereocenters. The number of quaternary nitrogens is 1. The Kier molecular flexibility index (Phi) is 4.63. The number of nitrogens with one attached hydrogen (secondary N) is 2. The molecule has 0 radical (unpaired) electrons. The van der Waals surface area contributed by atoms with Crippen molar-refractivity contribution in [2.24, 2.45) is 0 Å². The average Bonchev–Trinajstić information content (AvgIpc) is 3.03. The molecule has 3 heteroatoms. The number of unbranched alkanes of at least 4 members (excludes halogenated alkanes) is 1. The second-order valence-corrected chi connectivity index (χ2v) is 6.68. The first kappa shape index (κ1) is 15.3. The molecule has 2 N–H and O–H groups in total. The fraction of sp³-hybridized carbons (Fsp3) is 0.526. The number of fused-ring (bicyclic) bond motifs is 1. The quantitative estimate of drug-likeness (QED) is 0.874. The van der Waals surface area contributed by atoms with Crippen molar-refractivity contribution in [3.8, 4) is 0 Å². The molecule has 2 aromatic rings. The third kappa shape index (κ3) is 3.09. The lowest BCUT2D eigenvalue weighted by Gasteiger charge is -2.14. The van der Waals surface area contributed by atoms with E-state index in [1.165, 1.54) is 44.3 Å². The van der Waals surface area contributed by atoms with Gasteiger partial charge in [0, 0.05) is 29.4 Å². The molecule has 0 saturated carbocycles. The summed E-state index contributed by atoms with van der Waals surface area (Å²) in [5.41, 5.74) is 4.52. The zero-order valence-electron chi connectivity index (χ0n) is 13.8. The SMILES string of the molecule is CCCCc1ccc2[nH]c(C)c(C[NH+]3CCCC3)c(=O)c2c1. The number of aromatic nitrogens is 1. The van der Waals surface area contributed by atoms with Crippen molar-refractivity contribution in [3.05, 3.63) is 45.2 Å². The molecule has 0 bridgehead atoms. The number of hydrogen-bond donors (Lipinski definition) is 2. The van der Waals surface area contributed by atoms with E-state index in [1.807, 2.05) is 6.92 Å². The summed E-state index contributed by atoms with van der Waals surface area (Å²) in [6, 6.07) is 6.33. The molecule has 0 atom stereocenters. The van der Waals surface area contributed by atoms with Crippen LogP contribution >= 0.6 is 0 Å². The predicted octanol–water partition coefficient (Wildman–Crippen LogP) is 2.36. The Morgan fingerprint density at radius 2 is 2.00 bits per heavy atom. The van der Waals surface area contributed by atoms with Crippen LogP contribution < -0.4 is 10.3 Å². The molecule has 1 fully saturated rings. The fourth-order valence-corrected chi connectivity index (χ4v) is 3.55. The first-order valence-corrected chi connectivity index (χ1v) is 8.67. The van der Waals surface area contributed by atoms with Gasteiger partial charge in [0.25, 0.3) is 0 Å². The van der Waals surface area contributed by atoms with Crippen LogP contribution in [0.3, 0.4) is 0 Å². The van der Waals surface area contributed by atoms with Crippen molar-refractivity contribution in [1.82, 2.24) is 4.98 Å². The summed E-state index contributed by atoms with van der Waals surface area (Å²) >= 11 is 0. The van der Waals surface area contributed by atoms with Gasteiger partial charge in [-0.15, -0.1) is 0 Å². The maximum absolute atomic E-state index is 12.9. The molecule has 118 valence electrons. The molecule has 22 heavy (non-hydrogen) atoms. The maximum Gasteiger partial charge on any atom is 0.198 e. The van der Waals surface area contributed by atoms with Gasteiger partial charge < -0.3 is 9.88 Å². The first-order valence-electron chi connectivity index (χ1n) is 8.67. The van der Waals surface area contributed by atoms with E-state index in [-0.39, 0.29) is 5.43 Å². The van der Waals surface area contributed by atoms with Crippen LogP contribution in [0.25, 0.3) is 10.9 Å². The number of H-pyrrole nitrogens is 1. The monoisotopic (exact) mass is 299 g/mol. The van der Waals surface area contributed by atoms with Crippen molar-refractivity contribution in [2.75, 3.05) is 13.1 Å². The number of pyridine rings is 1. The van der Waals surface area contributed by atoms with Gasteiger partial charge >= 0.3 is 0 Å². The van der Waals surface area contributed by atoms with Gasteiger partial charge in [0.15, 0.2) is 5.43 Å². The Labute approximate surface area is 132 Å². The minimum Gasteiger partial charge on any atom is -0.358 e. The van der Waals surface area contributed by atoms with E-state index in [2.05, 4.69) is 30.1 Å². The molecule has 1 aromatic carbocycles. The van der Waals surface area contributed by atoms with Crippen molar-refractivity contribution in [2.45, 2.75) is 52.5 Å². The van der Waals surface area contributed by atoms with Gasteiger partial charge in [-0.05, 0) is 37.5 Å². The molecule has 0 aliphatic carbocycles. The molecule has 1 saturated heterocycles. The third-order valence-corrected chi connectivity index (χ3v) is 4.93. The lowest BCUT2D eigenvalue weighted by atomic mass is 10.0. The second kappa shape index (κ2) is 6.66. The minimum absolute atomic E-state index is 0.240. The van der Waals surface area contributed by atoms with Crippen LogP contribution in [-0.2, 0) is 13.0 Å². The largest absolute Gasteiger partial charge is 0.358 e. The Morgan fingerprint density at radius 3 is 2.73 bits per heavy atom. The van der Waals surface area contributed by atoms with Gasteiger partial charge in [-0.25, -0.2) is 0 Å². The number of aryl methyl sites for hydroxylation is 2. The van der Waals surface area contributed by atoms with E-state index < -0.39 is 0 Å². The highest BCUT2D eigenvalue weighted by Crippen LogP contribution is 2.15. The number of rotatable bonds is 5. The summed E-state index contributed by atoms with van der Waals surface area (Å²) in [7, 11) is 0. The summed E-state index contributed by atoms with van der Waals surface area (Å²) in [6.07, 6.45) is 6.01. The maximum atomic E-state index is 12.9. The van der Waals surface area contributed by atoms with E-state index in [0.717, 1.165) is 35.1 Å².